The molecule has 20 heavy (non-hydrogen) atoms. The largest absolute Gasteiger partial charge is 0.398 e. The molecule has 110 valence electrons. The van der Waals surface area contributed by atoms with Crippen LogP contribution in [-0.4, -0.2) is 37.0 Å². The van der Waals surface area contributed by atoms with Crippen LogP contribution in [0.2, 0.25) is 0 Å². The summed E-state index contributed by atoms with van der Waals surface area (Å²) in [6, 6.07) is 5.48. The number of anilines is 1. The molecule has 3 N–H and O–H groups in total. The van der Waals surface area contributed by atoms with Gasteiger partial charge >= 0.3 is 0 Å². The average molecular weight is 275 g/mol. The summed E-state index contributed by atoms with van der Waals surface area (Å²) in [4.78, 5) is 14.6. The standard InChI is InChI=1S/C16H25N3O/c1-12-13(7-6-8-14(12)17)15(20)18-11-16(19(2)3)9-4-5-10-16/h6-8H,4-5,9-11,17H2,1-3H3,(H,18,20). The second kappa shape index (κ2) is 5.83. The number of nitrogens with two attached hydrogens (primary N) is 1. The highest BCUT2D eigenvalue weighted by atomic mass is 16.1. The second-order valence-electron chi connectivity index (χ2n) is 6.03. The van der Waals surface area contributed by atoms with Crippen molar-refractivity contribution in [3.63, 3.8) is 0 Å². The van der Waals surface area contributed by atoms with Gasteiger partial charge in [-0.2, -0.15) is 0 Å². The molecule has 4 nitrogen and oxygen atoms in total. The monoisotopic (exact) mass is 275 g/mol. The van der Waals surface area contributed by atoms with Gasteiger partial charge in [0.2, 0.25) is 0 Å². The van der Waals surface area contributed by atoms with Crippen LogP contribution in [0.4, 0.5) is 5.69 Å². The third-order valence-corrected chi connectivity index (χ3v) is 4.68. The van der Waals surface area contributed by atoms with Crippen molar-refractivity contribution in [2.75, 3.05) is 26.4 Å². The topological polar surface area (TPSA) is 58.4 Å². The van der Waals surface area contributed by atoms with E-state index in [2.05, 4.69) is 24.3 Å². The Morgan fingerprint density at radius 1 is 1.35 bits per heavy atom. The zero-order valence-electron chi connectivity index (χ0n) is 12.7. The number of hydrogen-bond acceptors (Lipinski definition) is 3. The summed E-state index contributed by atoms with van der Waals surface area (Å²) in [6.07, 6.45) is 4.78. The summed E-state index contributed by atoms with van der Waals surface area (Å²) in [5.74, 6) is -0.0251. The van der Waals surface area contributed by atoms with E-state index >= 15 is 0 Å². The Labute approximate surface area is 121 Å². The van der Waals surface area contributed by atoms with Crippen molar-refractivity contribution < 1.29 is 4.79 Å². The number of amides is 1. The van der Waals surface area contributed by atoms with E-state index < -0.39 is 0 Å². The summed E-state index contributed by atoms with van der Waals surface area (Å²) >= 11 is 0. The number of rotatable bonds is 4. The van der Waals surface area contributed by atoms with Crippen LogP contribution >= 0.6 is 0 Å². The van der Waals surface area contributed by atoms with Crippen molar-refractivity contribution in [3.8, 4) is 0 Å². The van der Waals surface area contributed by atoms with Crippen molar-refractivity contribution in [2.24, 2.45) is 0 Å². The van der Waals surface area contributed by atoms with Gasteiger partial charge in [0.05, 0.1) is 0 Å². The van der Waals surface area contributed by atoms with Crippen LogP contribution in [0, 0.1) is 6.92 Å². The molecule has 0 heterocycles. The van der Waals surface area contributed by atoms with Crippen LogP contribution in [-0.2, 0) is 0 Å². The molecule has 0 spiro atoms. The van der Waals surface area contributed by atoms with Crippen molar-refractivity contribution in [1.82, 2.24) is 10.2 Å². The van der Waals surface area contributed by atoms with Crippen molar-refractivity contribution in [2.45, 2.75) is 38.1 Å². The third kappa shape index (κ3) is 2.80. The Kier molecular flexibility index (Phi) is 4.33. The van der Waals surface area contributed by atoms with Gasteiger partial charge in [0, 0.05) is 23.3 Å². The Morgan fingerprint density at radius 3 is 2.60 bits per heavy atom. The summed E-state index contributed by atoms with van der Waals surface area (Å²) in [7, 11) is 4.20. The van der Waals surface area contributed by atoms with Gasteiger partial charge in [-0.1, -0.05) is 18.9 Å². The molecular formula is C16H25N3O. The van der Waals surface area contributed by atoms with Crippen molar-refractivity contribution in [1.29, 1.82) is 0 Å². The zero-order valence-corrected chi connectivity index (χ0v) is 12.7. The van der Waals surface area contributed by atoms with Gasteiger partial charge in [0.15, 0.2) is 0 Å². The van der Waals surface area contributed by atoms with Gasteiger partial charge in [0.1, 0.15) is 0 Å². The van der Waals surface area contributed by atoms with Crippen LogP contribution in [0.25, 0.3) is 0 Å². The number of likely N-dealkylation sites (N-methyl/N-ethyl adjacent to an activating group) is 1. The van der Waals surface area contributed by atoms with Gasteiger partial charge in [0.25, 0.3) is 5.91 Å². The number of nitrogens with zero attached hydrogens (tertiary/aromatic N) is 1. The molecule has 0 atom stereocenters. The first-order chi connectivity index (χ1) is 9.46. The predicted molar refractivity (Wildman–Crippen MR) is 82.8 cm³/mol. The molecule has 1 fully saturated rings. The Bertz CT molecular complexity index is 490. The number of nitrogen functional groups attached to an aromatic ring is 1. The number of nitrogens with one attached hydrogen (secondary N) is 1. The molecule has 1 amide bonds. The zero-order chi connectivity index (χ0) is 14.8. The molecule has 0 aliphatic heterocycles. The molecule has 0 aromatic heterocycles. The first-order valence-electron chi connectivity index (χ1n) is 7.27. The highest BCUT2D eigenvalue weighted by Gasteiger charge is 2.36. The maximum Gasteiger partial charge on any atom is 0.251 e. The number of hydrogen-bond donors (Lipinski definition) is 2. The molecule has 1 aliphatic carbocycles. The molecule has 2 rings (SSSR count). The normalized spacial score (nSPS) is 17.4. The van der Waals surface area contributed by atoms with E-state index in [1.54, 1.807) is 0 Å². The predicted octanol–water partition coefficient (Wildman–Crippen LogP) is 2.18. The van der Waals surface area contributed by atoms with E-state index in [-0.39, 0.29) is 11.4 Å². The van der Waals surface area contributed by atoms with E-state index in [1.165, 1.54) is 12.8 Å². The summed E-state index contributed by atoms with van der Waals surface area (Å²) in [5.41, 5.74) is 8.18. The number of benzene rings is 1. The number of carbonyl (C=O) groups excluding carboxylic acids is 1. The lowest BCUT2D eigenvalue weighted by Gasteiger charge is -2.36. The van der Waals surface area contributed by atoms with Gasteiger partial charge in [-0.05, 0) is 51.6 Å². The van der Waals surface area contributed by atoms with E-state index in [1.807, 2.05) is 25.1 Å². The average Bonchev–Trinajstić information content (AvgIpc) is 2.89. The molecule has 0 unspecified atom stereocenters. The van der Waals surface area contributed by atoms with E-state index in [0.717, 1.165) is 18.4 Å². The van der Waals surface area contributed by atoms with Crippen LogP contribution in [0.15, 0.2) is 18.2 Å². The first kappa shape index (κ1) is 14.9. The number of carbonyl (C=O) groups is 1. The lowest BCUT2D eigenvalue weighted by molar-refractivity contribution is 0.0899. The maximum absolute atomic E-state index is 12.4. The van der Waals surface area contributed by atoms with E-state index in [4.69, 9.17) is 5.73 Å². The summed E-state index contributed by atoms with van der Waals surface area (Å²) < 4.78 is 0. The summed E-state index contributed by atoms with van der Waals surface area (Å²) in [5, 5.41) is 3.09. The highest BCUT2D eigenvalue weighted by Crippen LogP contribution is 2.33. The molecule has 0 bridgehead atoms. The van der Waals surface area contributed by atoms with Crippen LogP contribution < -0.4 is 11.1 Å². The fraction of sp³-hybridized carbons (Fsp3) is 0.562. The van der Waals surface area contributed by atoms with E-state index in [0.29, 0.717) is 17.8 Å². The third-order valence-electron chi connectivity index (χ3n) is 4.68. The van der Waals surface area contributed by atoms with Crippen molar-refractivity contribution >= 4 is 11.6 Å². The Balaban J connectivity index is 2.07. The lowest BCUT2D eigenvalue weighted by Crippen LogP contribution is -2.50. The fourth-order valence-corrected chi connectivity index (χ4v) is 3.05. The smallest absolute Gasteiger partial charge is 0.251 e. The quantitative estimate of drug-likeness (QED) is 0.828. The minimum Gasteiger partial charge on any atom is -0.398 e. The lowest BCUT2D eigenvalue weighted by atomic mass is 9.95. The van der Waals surface area contributed by atoms with Crippen LogP contribution in [0.5, 0.6) is 0 Å². The first-order valence-corrected chi connectivity index (χ1v) is 7.27. The molecule has 0 saturated heterocycles. The van der Waals surface area contributed by atoms with Crippen LogP contribution in [0.3, 0.4) is 0 Å². The minimum atomic E-state index is -0.0251. The maximum atomic E-state index is 12.4. The van der Waals surface area contributed by atoms with Crippen molar-refractivity contribution in [3.05, 3.63) is 29.3 Å². The minimum absolute atomic E-state index is 0.0251. The SMILES string of the molecule is Cc1c(N)cccc1C(=O)NCC1(N(C)C)CCCC1. The molecule has 1 saturated carbocycles. The molecular weight excluding hydrogens is 250 g/mol. The second-order valence-corrected chi connectivity index (χ2v) is 6.03. The molecule has 1 aliphatic rings. The summed E-state index contributed by atoms with van der Waals surface area (Å²) in [6.45, 7) is 2.59. The molecule has 0 radical (unpaired) electrons. The van der Waals surface area contributed by atoms with Crippen LogP contribution in [0.1, 0.15) is 41.6 Å². The molecule has 1 aromatic carbocycles. The Morgan fingerprint density at radius 2 is 2.00 bits per heavy atom. The van der Waals surface area contributed by atoms with Gasteiger partial charge in [-0.3, -0.25) is 4.79 Å². The Hall–Kier alpha value is -1.55. The highest BCUT2D eigenvalue weighted by molar-refractivity contribution is 5.96. The molecule has 1 aromatic rings. The van der Waals surface area contributed by atoms with Gasteiger partial charge in [-0.15, -0.1) is 0 Å². The molecule has 4 heteroatoms. The van der Waals surface area contributed by atoms with E-state index in [9.17, 15) is 4.79 Å². The fourth-order valence-electron chi connectivity index (χ4n) is 3.05. The van der Waals surface area contributed by atoms with Gasteiger partial charge in [-0.25, -0.2) is 0 Å². The van der Waals surface area contributed by atoms with Gasteiger partial charge < -0.3 is 16.0 Å².